The van der Waals surface area contributed by atoms with Crippen LogP contribution in [0, 0.1) is 0 Å². The van der Waals surface area contributed by atoms with E-state index in [9.17, 15) is 9.59 Å². The molecule has 5 nitrogen and oxygen atoms in total. The Morgan fingerprint density at radius 1 is 1.43 bits per heavy atom. The van der Waals surface area contributed by atoms with Crippen molar-refractivity contribution in [3.63, 3.8) is 0 Å². The molecule has 0 spiro atoms. The van der Waals surface area contributed by atoms with E-state index in [0.717, 1.165) is 6.42 Å². The molecule has 0 aliphatic rings. The van der Waals surface area contributed by atoms with Crippen molar-refractivity contribution in [1.29, 1.82) is 0 Å². The molecule has 80 valence electrons. The molecule has 0 saturated carbocycles. The quantitative estimate of drug-likeness (QED) is 0.400. The third-order valence-electron chi connectivity index (χ3n) is 1.37. The monoisotopic (exact) mass is 201 g/mol. The van der Waals surface area contributed by atoms with Gasteiger partial charge in [-0.1, -0.05) is 13.0 Å². The molecule has 0 saturated heterocycles. The van der Waals surface area contributed by atoms with Crippen LogP contribution in [0.1, 0.15) is 20.3 Å². The summed E-state index contributed by atoms with van der Waals surface area (Å²) in [5.74, 6) is -1.13. The number of hydrogen-bond donors (Lipinski definition) is 1. The molecular formula is C9H15NO4. The molecule has 0 aliphatic heterocycles. The second kappa shape index (κ2) is 7.08. The van der Waals surface area contributed by atoms with Gasteiger partial charge in [0.15, 0.2) is 6.61 Å². The minimum absolute atomic E-state index is 0.380. The number of hydrogen-bond acceptors (Lipinski definition) is 5. The summed E-state index contributed by atoms with van der Waals surface area (Å²) in [6.45, 7) is 3.16. The lowest BCUT2D eigenvalue weighted by Gasteiger charge is -2.03. The van der Waals surface area contributed by atoms with Gasteiger partial charge in [-0.3, -0.25) is 0 Å². The van der Waals surface area contributed by atoms with Crippen LogP contribution in [0.4, 0.5) is 0 Å². The van der Waals surface area contributed by atoms with Gasteiger partial charge in [0.1, 0.15) is 0 Å². The molecule has 1 N–H and O–H groups in total. The summed E-state index contributed by atoms with van der Waals surface area (Å²) in [4.78, 5) is 26.2. The third-order valence-corrected chi connectivity index (χ3v) is 1.37. The predicted octanol–water partition coefficient (Wildman–Crippen LogP) is 0.563. The number of nitrogens with one attached hydrogen (secondary N) is 1. The smallest absolute Gasteiger partial charge is 0.362 e. The normalized spacial score (nSPS) is 10.9. The average molecular weight is 201 g/mol. The van der Waals surface area contributed by atoms with Gasteiger partial charge in [0.05, 0.1) is 0 Å². The van der Waals surface area contributed by atoms with E-state index < -0.39 is 11.9 Å². The highest BCUT2D eigenvalue weighted by atomic mass is 16.7. The van der Waals surface area contributed by atoms with Crippen LogP contribution in [0.3, 0.4) is 0 Å². The average Bonchev–Trinajstić information content (AvgIpc) is 2.15. The molecule has 0 radical (unpaired) electrons. The van der Waals surface area contributed by atoms with Crippen LogP contribution < -0.4 is 5.48 Å². The number of rotatable bonds is 5. The fourth-order valence-corrected chi connectivity index (χ4v) is 0.771. The van der Waals surface area contributed by atoms with Crippen molar-refractivity contribution in [2.45, 2.75) is 20.3 Å². The SMILES string of the molecule is CCC=C(C)C(=O)OCC(=O)ONC. The van der Waals surface area contributed by atoms with E-state index in [1.165, 1.54) is 7.05 Å². The molecule has 0 aromatic heterocycles. The van der Waals surface area contributed by atoms with Gasteiger partial charge in [-0.15, -0.1) is 0 Å². The van der Waals surface area contributed by atoms with Crippen LogP contribution in [0.2, 0.25) is 0 Å². The molecule has 0 aromatic rings. The molecule has 0 fully saturated rings. The molecule has 0 amide bonds. The highest BCUT2D eigenvalue weighted by molar-refractivity contribution is 5.89. The van der Waals surface area contributed by atoms with Gasteiger partial charge in [0.25, 0.3) is 0 Å². The maximum absolute atomic E-state index is 11.1. The Hall–Kier alpha value is -1.36. The van der Waals surface area contributed by atoms with Gasteiger partial charge >= 0.3 is 11.9 Å². The third kappa shape index (κ3) is 5.31. The number of carbonyl (C=O) groups excluding carboxylic acids is 2. The summed E-state index contributed by atoms with van der Waals surface area (Å²) in [6, 6.07) is 0. The first-order valence-corrected chi connectivity index (χ1v) is 4.32. The Morgan fingerprint density at radius 2 is 2.07 bits per heavy atom. The Balaban J connectivity index is 3.85. The largest absolute Gasteiger partial charge is 0.450 e. The van der Waals surface area contributed by atoms with Crippen molar-refractivity contribution in [1.82, 2.24) is 5.48 Å². The zero-order valence-electron chi connectivity index (χ0n) is 8.62. The fraction of sp³-hybridized carbons (Fsp3) is 0.556. The van der Waals surface area contributed by atoms with Gasteiger partial charge in [-0.05, 0) is 13.3 Å². The van der Waals surface area contributed by atoms with Gasteiger partial charge in [0.2, 0.25) is 0 Å². The Bertz CT molecular complexity index is 235. The van der Waals surface area contributed by atoms with Crippen molar-refractivity contribution < 1.29 is 19.2 Å². The summed E-state index contributed by atoms with van der Waals surface area (Å²) in [6.07, 6.45) is 2.48. The first kappa shape index (κ1) is 12.6. The number of esters is 1. The molecule has 0 bridgehead atoms. The second-order valence-electron chi connectivity index (χ2n) is 2.55. The molecule has 5 heteroatoms. The number of hydroxylamine groups is 1. The van der Waals surface area contributed by atoms with Crippen molar-refractivity contribution in [2.24, 2.45) is 0 Å². The topological polar surface area (TPSA) is 64.6 Å². The molecular weight excluding hydrogens is 186 g/mol. The standard InChI is InChI=1S/C9H15NO4/c1-4-5-7(2)9(12)13-6-8(11)14-10-3/h5,10H,4,6H2,1-3H3. The van der Waals surface area contributed by atoms with Crippen molar-refractivity contribution >= 4 is 11.9 Å². The van der Waals surface area contributed by atoms with E-state index in [2.05, 4.69) is 15.1 Å². The first-order chi connectivity index (χ1) is 6.61. The van der Waals surface area contributed by atoms with Gasteiger partial charge in [-0.2, -0.15) is 5.48 Å². The van der Waals surface area contributed by atoms with E-state index in [0.29, 0.717) is 5.57 Å². The fourth-order valence-electron chi connectivity index (χ4n) is 0.771. The highest BCUT2D eigenvalue weighted by Gasteiger charge is 2.09. The number of carbonyl (C=O) groups is 2. The van der Waals surface area contributed by atoms with Crippen LogP contribution in [0.15, 0.2) is 11.6 Å². The van der Waals surface area contributed by atoms with Gasteiger partial charge in [-0.25, -0.2) is 9.59 Å². The van der Waals surface area contributed by atoms with Crippen molar-refractivity contribution in [3.05, 3.63) is 11.6 Å². The Labute approximate surface area is 83.0 Å². The van der Waals surface area contributed by atoms with Crippen molar-refractivity contribution in [3.8, 4) is 0 Å². The summed E-state index contributed by atoms with van der Waals surface area (Å²) in [5, 5.41) is 0. The number of allylic oxidation sites excluding steroid dienone is 1. The van der Waals surface area contributed by atoms with Crippen molar-refractivity contribution in [2.75, 3.05) is 13.7 Å². The van der Waals surface area contributed by atoms with E-state index in [4.69, 9.17) is 0 Å². The summed E-state index contributed by atoms with van der Waals surface area (Å²) in [5.41, 5.74) is 2.68. The molecule has 0 rings (SSSR count). The zero-order valence-corrected chi connectivity index (χ0v) is 8.62. The van der Waals surface area contributed by atoms with Crippen LogP contribution in [-0.2, 0) is 19.2 Å². The lowest BCUT2D eigenvalue weighted by Crippen LogP contribution is -2.21. The summed E-state index contributed by atoms with van der Waals surface area (Å²) >= 11 is 0. The molecule has 0 aliphatic carbocycles. The number of ether oxygens (including phenoxy) is 1. The molecule has 14 heavy (non-hydrogen) atoms. The highest BCUT2D eigenvalue weighted by Crippen LogP contribution is 1.98. The van der Waals surface area contributed by atoms with E-state index in [-0.39, 0.29) is 6.61 Å². The van der Waals surface area contributed by atoms with E-state index in [1.54, 1.807) is 13.0 Å². The summed E-state index contributed by atoms with van der Waals surface area (Å²) < 4.78 is 4.65. The first-order valence-electron chi connectivity index (χ1n) is 4.32. The minimum Gasteiger partial charge on any atom is -0.450 e. The lowest BCUT2D eigenvalue weighted by molar-refractivity contribution is -0.161. The predicted molar refractivity (Wildman–Crippen MR) is 50.2 cm³/mol. The maximum atomic E-state index is 11.1. The van der Waals surface area contributed by atoms with Crippen LogP contribution in [0.25, 0.3) is 0 Å². The van der Waals surface area contributed by atoms with Crippen LogP contribution >= 0.6 is 0 Å². The van der Waals surface area contributed by atoms with Crippen LogP contribution in [0.5, 0.6) is 0 Å². The molecule has 0 atom stereocenters. The zero-order chi connectivity index (χ0) is 11.0. The molecule has 0 aromatic carbocycles. The molecule has 0 unspecified atom stereocenters. The Kier molecular flexibility index (Phi) is 6.39. The lowest BCUT2D eigenvalue weighted by atomic mass is 10.2. The summed E-state index contributed by atoms with van der Waals surface area (Å²) in [7, 11) is 1.45. The maximum Gasteiger partial charge on any atom is 0.362 e. The van der Waals surface area contributed by atoms with Gasteiger partial charge < -0.3 is 9.57 Å². The molecule has 0 heterocycles. The van der Waals surface area contributed by atoms with E-state index >= 15 is 0 Å². The minimum atomic E-state index is -0.634. The second-order valence-corrected chi connectivity index (χ2v) is 2.55. The van der Waals surface area contributed by atoms with E-state index in [1.807, 2.05) is 6.92 Å². The van der Waals surface area contributed by atoms with Crippen LogP contribution in [-0.4, -0.2) is 25.6 Å². The Morgan fingerprint density at radius 3 is 2.57 bits per heavy atom. The van der Waals surface area contributed by atoms with Gasteiger partial charge in [0, 0.05) is 12.6 Å².